The van der Waals surface area contributed by atoms with E-state index in [9.17, 15) is 0 Å². The van der Waals surface area contributed by atoms with E-state index in [4.69, 9.17) is 4.74 Å². The first-order valence-electron chi connectivity index (χ1n) is 5.47. The van der Waals surface area contributed by atoms with Crippen molar-refractivity contribution in [3.05, 3.63) is 12.2 Å². The van der Waals surface area contributed by atoms with Crippen LogP contribution in [0.3, 0.4) is 0 Å². The molecule has 1 aliphatic rings. The SMILES string of the molecule is Cn1cnc(CNCC2CCCOC2)n1. The van der Waals surface area contributed by atoms with Gasteiger partial charge in [0.15, 0.2) is 5.82 Å². The van der Waals surface area contributed by atoms with Gasteiger partial charge in [0.05, 0.1) is 13.2 Å². The predicted octanol–water partition coefficient (Wildman–Crippen LogP) is 0.331. The Hall–Kier alpha value is -0.940. The van der Waals surface area contributed by atoms with Crippen molar-refractivity contribution in [1.82, 2.24) is 20.1 Å². The smallest absolute Gasteiger partial charge is 0.164 e. The van der Waals surface area contributed by atoms with Crippen molar-refractivity contribution in [1.29, 1.82) is 0 Å². The highest BCUT2D eigenvalue weighted by atomic mass is 16.5. The average molecular weight is 210 g/mol. The molecule has 1 fully saturated rings. The van der Waals surface area contributed by atoms with Gasteiger partial charge in [-0.3, -0.25) is 4.68 Å². The first kappa shape index (κ1) is 10.6. The van der Waals surface area contributed by atoms with Gasteiger partial charge in [-0.15, -0.1) is 0 Å². The van der Waals surface area contributed by atoms with Crippen LogP contribution in [-0.2, 0) is 18.3 Å². The number of aromatic nitrogens is 3. The molecule has 1 atom stereocenters. The molecule has 5 heteroatoms. The Morgan fingerprint density at radius 3 is 3.27 bits per heavy atom. The topological polar surface area (TPSA) is 52.0 Å². The molecular weight excluding hydrogens is 192 g/mol. The minimum absolute atomic E-state index is 0.655. The molecule has 1 N–H and O–H groups in total. The largest absolute Gasteiger partial charge is 0.381 e. The molecule has 84 valence electrons. The number of ether oxygens (including phenoxy) is 1. The molecule has 1 aliphatic heterocycles. The van der Waals surface area contributed by atoms with Crippen LogP contribution in [0.25, 0.3) is 0 Å². The molecule has 1 aromatic heterocycles. The zero-order chi connectivity index (χ0) is 10.5. The van der Waals surface area contributed by atoms with Crippen LogP contribution in [0.5, 0.6) is 0 Å². The molecule has 15 heavy (non-hydrogen) atoms. The maximum absolute atomic E-state index is 5.41. The first-order valence-corrected chi connectivity index (χ1v) is 5.47. The number of hydrogen-bond acceptors (Lipinski definition) is 4. The molecule has 1 saturated heterocycles. The molecule has 0 radical (unpaired) electrons. The Kier molecular flexibility index (Phi) is 3.69. The summed E-state index contributed by atoms with van der Waals surface area (Å²) in [5, 5.41) is 7.57. The number of nitrogens with one attached hydrogen (secondary N) is 1. The lowest BCUT2D eigenvalue weighted by Gasteiger charge is -2.21. The summed E-state index contributed by atoms with van der Waals surface area (Å²) < 4.78 is 7.14. The normalized spacial score (nSPS) is 21.8. The highest BCUT2D eigenvalue weighted by Crippen LogP contribution is 2.12. The number of nitrogens with zero attached hydrogens (tertiary/aromatic N) is 3. The van der Waals surface area contributed by atoms with E-state index in [1.54, 1.807) is 11.0 Å². The van der Waals surface area contributed by atoms with Crippen LogP contribution in [0.1, 0.15) is 18.7 Å². The molecule has 2 heterocycles. The fraction of sp³-hybridized carbons (Fsp3) is 0.800. The van der Waals surface area contributed by atoms with E-state index in [1.807, 2.05) is 7.05 Å². The Labute approximate surface area is 89.8 Å². The van der Waals surface area contributed by atoms with Crippen molar-refractivity contribution in [2.24, 2.45) is 13.0 Å². The fourth-order valence-corrected chi connectivity index (χ4v) is 1.82. The summed E-state index contributed by atoms with van der Waals surface area (Å²) in [5.41, 5.74) is 0. The maximum Gasteiger partial charge on any atom is 0.164 e. The van der Waals surface area contributed by atoms with Gasteiger partial charge in [0.1, 0.15) is 6.33 Å². The summed E-state index contributed by atoms with van der Waals surface area (Å²) in [6.07, 6.45) is 4.18. The monoisotopic (exact) mass is 210 g/mol. The molecule has 5 nitrogen and oxygen atoms in total. The summed E-state index contributed by atoms with van der Waals surface area (Å²) in [6.45, 7) is 3.57. The van der Waals surface area contributed by atoms with Gasteiger partial charge in [-0.2, -0.15) is 5.10 Å². The van der Waals surface area contributed by atoms with Crippen LogP contribution in [0, 0.1) is 5.92 Å². The average Bonchev–Trinajstić information content (AvgIpc) is 2.66. The lowest BCUT2D eigenvalue weighted by atomic mass is 10.0. The Balaban J connectivity index is 1.65. The molecular formula is C10H18N4O. The highest BCUT2D eigenvalue weighted by molar-refractivity contribution is 4.80. The predicted molar refractivity (Wildman–Crippen MR) is 56.3 cm³/mol. The van der Waals surface area contributed by atoms with E-state index >= 15 is 0 Å². The van der Waals surface area contributed by atoms with E-state index in [0.29, 0.717) is 5.92 Å². The van der Waals surface area contributed by atoms with Crippen molar-refractivity contribution >= 4 is 0 Å². The van der Waals surface area contributed by atoms with Crippen LogP contribution < -0.4 is 5.32 Å². The van der Waals surface area contributed by atoms with Crippen molar-refractivity contribution in [3.8, 4) is 0 Å². The van der Waals surface area contributed by atoms with Gasteiger partial charge in [0.25, 0.3) is 0 Å². The van der Waals surface area contributed by atoms with Gasteiger partial charge in [-0.05, 0) is 18.8 Å². The van der Waals surface area contributed by atoms with Crippen LogP contribution >= 0.6 is 0 Å². The summed E-state index contributed by atoms with van der Waals surface area (Å²) in [5.74, 6) is 1.51. The molecule has 0 aliphatic carbocycles. The Morgan fingerprint density at radius 1 is 1.67 bits per heavy atom. The summed E-state index contributed by atoms with van der Waals surface area (Å²) >= 11 is 0. The summed E-state index contributed by atoms with van der Waals surface area (Å²) in [7, 11) is 1.88. The van der Waals surface area contributed by atoms with E-state index in [1.165, 1.54) is 12.8 Å². The van der Waals surface area contributed by atoms with Crippen molar-refractivity contribution in [2.75, 3.05) is 19.8 Å². The van der Waals surface area contributed by atoms with E-state index in [0.717, 1.165) is 32.1 Å². The molecule has 2 rings (SSSR count). The second-order valence-electron chi connectivity index (χ2n) is 4.05. The summed E-state index contributed by atoms with van der Waals surface area (Å²) in [4.78, 5) is 4.16. The van der Waals surface area contributed by atoms with Crippen LogP contribution in [0.4, 0.5) is 0 Å². The molecule has 0 aromatic carbocycles. The Bertz CT molecular complexity index is 293. The maximum atomic E-state index is 5.41. The van der Waals surface area contributed by atoms with Gasteiger partial charge < -0.3 is 10.1 Å². The van der Waals surface area contributed by atoms with Gasteiger partial charge in [0.2, 0.25) is 0 Å². The van der Waals surface area contributed by atoms with E-state index in [2.05, 4.69) is 15.4 Å². The lowest BCUT2D eigenvalue weighted by Crippen LogP contribution is -2.29. The molecule has 0 bridgehead atoms. The minimum Gasteiger partial charge on any atom is -0.381 e. The zero-order valence-corrected chi connectivity index (χ0v) is 9.15. The van der Waals surface area contributed by atoms with E-state index < -0.39 is 0 Å². The lowest BCUT2D eigenvalue weighted by molar-refractivity contribution is 0.0547. The van der Waals surface area contributed by atoms with Gasteiger partial charge >= 0.3 is 0 Å². The third-order valence-electron chi connectivity index (χ3n) is 2.62. The second kappa shape index (κ2) is 5.23. The molecule has 0 spiro atoms. The second-order valence-corrected chi connectivity index (χ2v) is 4.05. The van der Waals surface area contributed by atoms with Crippen molar-refractivity contribution in [2.45, 2.75) is 19.4 Å². The van der Waals surface area contributed by atoms with Gasteiger partial charge in [-0.1, -0.05) is 0 Å². The van der Waals surface area contributed by atoms with Gasteiger partial charge in [-0.25, -0.2) is 4.98 Å². The van der Waals surface area contributed by atoms with Crippen LogP contribution in [-0.4, -0.2) is 34.5 Å². The molecule has 0 saturated carbocycles. The zero-order valence-electron chi connectivity index (χ0n) is 9.15. The van der Waals surface area contributed by atoms with Crippen molar-refractivity contribution < 1.29 is 4.74 Å². The minimum atomic E-state index is 0.655. The van der Waals surface area contributed by atoms with Crippen LogP contribution in [0.15, 0.2) is 6.33 Å². The molecule has 0 amide bonds. The number of aryl methyl sites for hydroxylation is 1. The number of hydrogen-bond donors (Lipinski definition) is 1. The van der Waals surface area contributed by atoms with Gasteiger partial charge in [0, 0.05) is 20.2 Å². The standard InChI is InChI=1S/C10H18N4O/c1-14-8-12-10(13-14)6-11-5-9-3-2-4-15-7-9/h8-9,11H,2-7H2,1H3. The first-order chi connectivity index (χ1) is 7.34. The Morgan fingerprint density at radius 2 is 2.60 bits per heavy atom. The summed E-state index contributed by atoms with van der Waals surface area (Å²) in [6, 6.07) is 0. The third-order valence-corrected chi connectivity index (χ3v) is 2.62. The molecule has 1 aromatic rings. The molecule has 1 unspecified atom stereocenters. The van der Waals surface area contributed by atoms with Crippen molar-refractivity contribution in [3.63, 3.8) is 0 Å². The third kappa shape index (κ3) is 3.28. The van der Waals surface area contributed by atoms with E-state index in [-0.39, 0.29) is 0 Å². The quantitative estimate of drug-likeness (QED) is 0.778. The highest BCUT2D eigenvalue weighted by Gasteiger charge is 2.13. The fourth-order valence-electron chi connectivity index (χ4n) is 1.82. The van der Waals surface area contributed by atoms with Crippen LogP contribution in [0.2, 0.25) is 0 Å². The number of rotatable bonds is 4.